The number of aliphatic imine (C=N–C) groups is 1. The third-order valence-corrected chi connectivity index (χ3v) is 6.32. The number of imidazole rings is 1. The summed E-state index contributed by atoms with van der Waals surface area (Å²) in [6.45, 7) is 2.64. The molecule has 2 bridgehead atoms. The number of amides is 3. The molecular formula is C26H25N5O3. The van der Waals surface area contributed by atoms with Gasteiger partial charge in [0.05, 0.1) is 17.0 Å². The van der Waals surface area contributed by atoms with Gasteiger partial charge in [-0.05, 0) is 62.1 Å². The van der Waals surface area contributed by atoms with Crippen LogP contribution < -0.4 is 10.6 Å². The van der Waals surface area contributed by atoms with Crippen LogP contribution in [-0.4, -0.2) is 40.0 Å². The first-order valence-corrected chi connectivity index (χ1v) is 11.5. The predicted octanol–water partition coefficient (Wildman–Crippen LogP) is 4.01. The van der Waals surface area contributed by atoms with Crippen molar-refractivity contribution in [1.82, 2.24) is 14.9 Å². The van der Waals surface area contributed by atoms with Crippen molar-refractivity contribution in [3.8, 4) is 0 Å². The maximum Gasteiger partial charge on any atom is 0.257 e. The molecule has 2 aliphatic rings. The Balaban J connectivity index is 1.64. The molecule has 0 radical (unpaired) electrons. The van der Waals surface area contributed by atoms with Crippen molar-refractivity contribution in [3.63, 3.8) is 0 Å². The van der Waals surface area contributed by atoms with Crippen molar-refractivity contribution in [2.75, 3.05) is 11.9 Å². The summed E-state index contributed by atoms with van der Waals surface area (Å²) in [6.07, 6.45) is 7.64. The highest BCUT2D eigenvalue weighted by Crippen LogP contribution is 2.34. The molecule has 2 aliphatic heterocycles. The Labute approximate surface area is 196 Å². The van der Waals surface area contributed by atoms with Gasteiger partial charge >= 0.3 is 0 Å². The van der Waals surface area contributed by atoms with Gasteiger partial charge in [0.2, 0.25) is 5.95 Å². The molecule has 0 spiro atoms. The second-order valence-corrected chi connectivity index (χ2v) is 8.63. The molecule has 0 saturated heterocycles. The summed E-state index contributed by atoms with van der Waals surface area (Å²) in [5.74, 6) is -0.851. The second kappa shape index (κ2) is 9.05. The van der Waals surface area contributed by atoms with Crippen molar-refractivity contribution in [2.45, 2.75) is 38.1 Å². The number of hydrogen-bond donors (Lipinski definition) is 2. The Morgan fingerprint density at radius 3 is 2.62 bits per heavy atom. The Hall–Kier alpha value is -4.07. The van der Waals surface area contributed by atoms with Crippen molar-refractivity contribution in [3.05, 3.63) is 71.3 Å². The molecule has 3 heterocycles. The normalized spacial score (nSPS) is 21.0. The van der Waals surface area contributed by atoms with Gasteiger partial charge in [0.25, 0.3) is 17.7 Å². The van der Waals surface area contributed by atoms with E-state index < -0.39 is 5.92 Å². The zero-order valence-electron chi connectivity index (χ0n) is 18.8. The van der Waals surface area contributed by atoms with E-state index in [9.17, 15) is 14.4 Å². The molecule has 0 aliphatic carbocycles. The van der Waals surface area contributed by atoms with Crippen LogP contribution in [0.3, 0.4) is 0 Å². The van der Waals surface area contributed by atoms with Gasteiger partial charge < -0.3 is 9.88 Å². The summed E-state index contributed by atoms with van der Waals surface area (Å²) >= 11 is 0. The molecule has 2 N–H and O–H groups in total. The average Bonchev–Trinajstić information content (AvgIpc) is 3.21. The van der Waals surface area contributed by atoms with Crippen molar-refractivity contribution in [1.29, 1.82) is 0 Å². The van der Waals surface area contributed by atoms with Gasteiger partial charge in [-0.15, -0.1) is 0 Å². The zero-order chi connectivity index (χ0) is 23.7. The van der Waals surface area contributed by atoms with E-state index in [1.807, 2.05) is 28.8 Å². The molecule has 0 saturated carbocycles. The molecule has 172 valence electrons. The minimum absolute atomic E-state index is 0.00222. The predicted molar refractivity (Wildman–Crippen MR) is 130 cm³/mol. The summed E-state index contributed by atoms with van der Waals surface area (Å²) in [5.41, 5.74) is 3.14. The van der Waals surface area contributed by atoms with Crippen LogP contribution >= 0.6 is 0 Å². The van der Waals surface area contributed by atoms with Crippen LogP contribution in [0, 0.1) is 0 Å². The molecule has 0 fully saturated rings. The summed E-state index contributed by atoms with van der Waals surface area (Å²) in [6, 6.07) is 12.3. The van der Waals surface area contributed by atoms with E-state index in [-0.39, 0.29) is 23.8 Å². The number of fused-ring (bicyclic) bond motifs is 5. The fourth-order valence-electron chi connectivity index (χ4n) is 4.59. The van der Waals surface area contributed by atoms with E-state index >= 15 is 0 Å². The molecule has 1 unspecified atom stereocenters. The topological polar surface area (TPSA) is 105 Å². The van der Waals surface area contributed by atoms with E-state index in [1.54, 1.807) is 30.3 Å². The molecule has 8 heteroatoms. The lowest BCUT2D eigenvalue weighted by Crippen LogP contribution is -2.25. The largest absolute Gasteiger partial charge is 0.352 e. The van der Waals surface area contributed by atoms with Crippen LogP contribution in [-0.2, 0) is 4.79 Å². The first kappa shape index (κ1) is 21.8. The van der Waals surface area contributed by atoms with E-state index in [2.05, 4.69) is 22.5 Å². The number of para-hydroxylation sites is 1. The summed E-state index contributed by atoms with van der Waals surface area (Å²) in [4.78, 5) is 46.9. The van der Waals surface area contributed by atoms with Gasteiger partial charge in [-0.25, -0.2) is 9.98 Å². The van der Waals surface area contributed by atoms with Crippen LogP contribution in [0.4, 0.5) is 5.95 Å². The van der Waals surface area contributed by atoms with Crippen LogP contribution in [0.2, 0.25) is 0 Å². The number of dihydropyridines is 1. The molecular weight excluding hydrogens is 430 g/mol. The third kappa shape index (κ3) is 4.03. The van der Waals surface area contributed by atoms with Gasteiger partial charge in [0, 0.05) is 29.9 Å². The van der Waals surface area contributed by atoms with E-state index in [4.69, 9.17) is 4.98 Å². The maximum atomic E-state index is 13.2. The van der Waals surface area contributed by atoms with Crippen molar-refractivity contribution >= 4 is 40.9 Å². The third-order valence-electron chi connectivity index (χ3n) is 6.32. The van der Waals surface area contributed by atoms with Gasteiger partial charge in [-0.1, -0.05) is 24.3 Å². The quantitative estimate of drug-likeness (QED) is 0.578. The fourth-order valence-corrected chi connectivity index (χ4v) is 4.59. The highest BCUT2D eigenvalue weighted by Gasteiger charge is 2.27. The van der Waals surface area contributed by atoms with E-state index in [0.29, 0.717) is 29.1 Å². The molecule has 34 heavy (non-hydrogen) atoms. The number of benzene rings is 2. The number of aromatic nitrogens is 2. The van der Waals surface area contributed by atoms with Crippen molar-refractivity contribution < 1.29 is 14.4 Å². The lowest BCUT2D eigenvalue weighted by Gasteiger charge is -2.21. The minimum atomic E-state index is -0.502. The molecule has 2 atom stereocenters. The number of hydrogen-bond acceptors (Lipinski definition) is 4. The highest BCUT2D eigenvalue weighted by atomic mass is 16.2. The Kier molecular flexibility index (Phi) is 5.79. The Morgan fingerprint density at radius 1 is 1.00 bits per heavy atom. The number of carbonyl (C=O) groups excluding carboxylic acids is 3. The van der Waals surface area contributed by atoms with Gasteiger partial charge in [-0.3, -0.25) is 19.7 Å². The molecule has 3 amide bonds. The number of anilines is 1. The molecule has 5 rings (SSSR count). The molecule has 1 aromatic heterocycles. The summed E-state index contributed by atoms with van der Waals surface area (Å²) < 4.78 is 2.02. The number of nitrogens with zero attached hydrogens (tertiary/aromatic N) is 3. The van der Waals surface area contributed by atoms with Gasteiger partial charge in [0.1, 0.15) is 0 Å². The molecule has 8 nitrogen and oxygen atoms in total. The average molecular weight is 456 g/mol. The van der Waals surface area contributed by atoms with Crippen LogP contribution in [0.1, 0.15) is 64.4 Å². The SMILES string of the molecule is C[C@@H]1CCCCNC(=O)c2cccc(c2)C(=O)Nc2nc3cccc(C4C=CC=NC4=O)c3n21. The minimum Gasteiger partial charge on any atom is -0.352 e. The maximum absolute atomic E-state index is 13.2. The summed E-state index contributed by atoms with van der Waals surface area (Å²) in [7, 11) is 0. The lowest BCUT2D eigenvalue weighted by molar-refractivity contribution is -0.118. The van der Waals surface area contributed by atoms with Crippen LogP contribution in [0.25, 0.3) is 11.0 Å². The van der Waals surface area contributed by atoms with Crippen LogP contribution in [0.15, 0.2) is 59.6 Å². The first-order chi connectivity index (χ1) is 16.5. The number of nitrogens with one attached hydrogen (secondary N) is 2. The first-order valence-electron chi connectivity index (χ1n) is 11.5. The summed E-state index contributed by atoms with van der Waals surface area (Å²) in [5, 5.41) is 5.88. The van der Waals surface area contributed by atoms with E-state index in [0.717, 1.165) is 30.3 Å². The highest BCUT2D eigenvalue weighted by molar-refractivity contribution is 6.06. The van der Waals surface area contributed by atoms with E-state index in [1.165, 1.54) is 6.21 Å². The number of allylic oxidation sites excluding steroid dienone is 1. The van der Waals surface area contributed by atoms with Crippen LogP contribution in [0.5, 0.6) is 0 Å². The number of carbonyl (C=O) groups is 3. The zero-order valence-corrected chi connectivity index (χ0v) is 18.8. The fraction of sp³-hybridized carbons (Fsp3) is 0.269. The van der Waals surface area contributed by atoms with Gasteiger partial charge in [0.15, 0.2) is 0 Å². The second-order valence-electron chi connectivity index (χ2n) is 8.63. The van der Waals surface area contributed by atoms with Crippen molar-refractivity contribution in [2.24, 2.45) is 4.99 Å². The monoisotopic (exact) mass is 455 g/mol. The molecule has 2 aromatic carbocycles. The lowest BCUT2D eigenvalue weighted by atomic mass is 9.95. The number of rotatable bonds is 1. The standard InChI is InChI=1S/C26H25N5O3/c1-16-7-2-3-13-27-23(32)17-8-4-9-18(15-17)24(33)30-26-29-21-12-5-10-19(22(21)31(16)26)20-11-6-14-28-25(20)34/h4-6,8-12,14-16,20H,2-3,7,13H2,1H3,(H,27,32)(H,29,30,33)/t16-,20?/m1/s1. The van der Waals surface area contributed by atoms with Gasteiger partial charge in [-0.2, -0.15) is 0 Å². The smallest absolute Gasteiger partial charge is 0.257 e. The Bertz CT molecular complexity index is 1350. The Morgan fingerprint density at radius 2 is 1.79 bits per heavy atom. The molecule has 3 aromatic rings.